The zero-order valence-electron chi connectivity index (χ0n) is 10.1. The van der Waals surface area contributed by atoms with E-state index < -0.39 is 5.97 Å². The minimum Gasteiger partial charge on any atom is -0.478 e. The molecule has 0 aliphatic carbocycles. The van der Waals surface area contributed by atoms with Crippen molar-refractivity contribution in [3.63, 3.8) is 0 Å². The summed E-state index contributed by atoms with van der Waals surface area (Å²) in [5, 5.41) is 12.2. The van der Waals surface area contributed by atoms with E-state index in [2.05, 4.69) is 5.32 Å². The van der Waals surface area contributed by atoms with Gasteiger partial charge in [0, 0.05) is 13.7 Å². The predicted molar refractivity (Wildman–Crippen MR) is 69.6 cm³/mol. The number of benzene rings is 1. The number of halogens is 1. The molecule has 100 valence electrons. The molecule has 0 saturated carbocycles. The number of aromatic carboxylic acids is 1. The van der Waals surface area contributed by atoms with Crippen molar-refractivity contribution in [3.05, 3.63) is 28.8 Å². The second-order valence-electron chi connectivity index (χ2n) is 3.53. The van der Waals surface area contributed by atoms with E-state index in [-0.39, 0.29) is 5.56 Å². The molecule has 1 aromatic carbocycles. The summed E-state index contributed by atoms with van der Waals surface area (Å²) in [5.74, 6) is -0.994. The van der Waals surface area contributed by atoms with Crippen LogP contribution in [-0.2, 0) is 9.47 Å². The van der Waals surface area contributed by atoms with Crippen LogP contribution in [0.4, 0.5) is 5.69 Å². The van der Waals surface area contributed by atoms with Gasteiger partial charge in [0.2, 0.25) is 0 Å². The lowest BCUT2D eigenvalue weighted by Crippen LogP contribution is -2.12. The Morgan fingerprint density at radius 1 is 1.39 bits per heavy atom. The maximum atomic E-state index is 10.7. The van der Waals surface area contributed by atoms with Crippen LogP contribution in [0.15, 0.2) is 18.2 Å². The third kappa shape index (κ3) is 4.91. The topological polar surface area (TPSA) is 67.8 Å². The van der Waals surface area contributed by atoms with Crippen molar-refractivity contribution in [2.45, 2.75) is 0 Å². The second-order valence-corrected chi connectivity index (χ2v) is 3.94. The number of nitrogens with one attached hydrogen (secondary N) is 1. The van der Waals surface area contributed by atoms with Gasteiger partial charge in [-0.15, -0.1) is 0 Å². The van der Waals surface area contributed by atoms with Crippen LogP contribution in [-0.4, -0.2) is 44.6 Å². The molecule has 0 saturated heterocycles. The standard InChI is InChI=1S/C12H16ClNO4/c1-17-6-7-18-5-4-14-11-3-2-9(12(15)16)8-10(11)13/h2-3,8,14H,4-7H2,1H3,(H,15,16). The number of methoxy groups -OCH3 is 1. The Kier molecular flexibility index (Phi) is 6.49. The first-order valence-corrected chi connectivity index (χ1v) is 5.86. The Bertz CT molecular complexity index is 398. The van der Waals surface area contributed by atoms with E-state index in [0.717, 1.165) is 0 Å². The molecular formula is C12H16ClNO4. The van der Waals surface area contributed by atoms with Gasteiger partial charge in [-0.1, -0.05) is 11.6 Å². The van der Waals surface area contributed by atoms with Crippen molar-refractivity contribution in [1.29, 1.82) is 0 Å². The summed E-state index contributed by atoms with van der Waals surface area (Å²) in [5.41, 5.74) is 0.860. The number of carbonyl (C=O) groups is 1. The van der Waals surface area contributed by atoms with E-state index in [1.54, 1.807) is 13.2 Å². The van der Waals surface area contributed by atoms with Crippen molar-refractivity contribution in [3.8, 4) is 0 Å². The van der Waals surface area contributed by atoms with Crippen molar-refractivity contribution in [2.24, 2.45) is 0 Å². The molecule has 0 aromatic heterocycles. The Morgan fingerprint density at radius 3 is 2.78 bits per heavy atom. The zero-order chi connectivity index (χ0) is 13.4. The molecule has 18 heavy (non-hydrogen) atoms. The molecular weight excluding hydrogens is 258 g/mol. The van der Waals surface area contributed by atoms with Crippen molar-refractivity contribution >= 4 is 23.3 Å². The van der Waals surface area contributed by atoms with Gasteiger partial charge in [-0.3, -0.25) is 0 Å². The van der Waals surface area contributed by atoms with Gasteiger partial charge in [0.15, 0.2) is 0 Å². The molecule has 0 unspecified atom stereocenters. The number of carboxylic acid groups (broad SMARTS) is 1. The SMILES string of the molecule is COCCOCCNc1ccc(C(=O)O)cc1Cl. The molecule has 5 nitrogen and oxygen atoms in total. The van der Waals surface area contributed by atoms with Crippen LogP contribution in [0.5, 0.6) is 0 Å². The Hall–Kier alpha value is -1.30. The van der Waals surface area contributed by atoms with Crippen LogP contribution in [0.2, 0.25) is 5.02 Å². The quantitative estimate of drug-likeness (QED) is 0.710. The maximum absolute atomic E-state index is 10.7. The highest BCUT2D eigenvalue weighted by Gasteiger charge is 2.06. The lowest BCUT2D eigenvalue weighted by Gasteiger charge is -2.09. The number of hydrogen-bond acceptors (Lipinski definition) is 4. The van der Waals surface area contributed by atoms with E-state index in [0.29, 0.717) is 37.1 Å². The fraction of sp³-hybridized carbons (Fsp3) is 0.417. The fourth-order valence-corrected chi connectivity index (χ4v) is 1.54. The first-order valence-electron chi connectivity index (χ1n) is 5.48. The normalized spacial score (nSPS) is 10.3. The van der Waals surface area contributed by atoms with Crippen LogP contribution in [0, 0.1) is 0 Å². The molecule has 0 aliphatic heterocycles. The lowest BCUT2D eigenvalue weighted by atomic mass is 10.2. The van der Waals surface area contributed by atoms with Gasteiger partial charge in [-0.25, -0.2) is 4.79 Å². The van der Waals surface area contributed by atoms with E-state index in [1.165, 1.54) is 12.1 Å². The van der Waals surface area contributed by atoms with Crippen LogP contribution >= 0.6 is 11.6 Å². The molecule has 1 rings (SSSR count). The van der Waals surface area contributed by atoms with Crippen molar-refractivity contribution < 1.29 is 19.4 Å². The Balaban J connectivity index is 2.36. The Labute approximate surface area is 111 Å². The molecule has 0 spiro atoms. The molecule has 2 N–H and O–H groups in total. The summed E-state index contributed by atoms with van der Waals surface area (Å²) in [6.07, 6.45) is 0. The van der Waals surface area contributed by atoms with E-state index in [9.17, 15) is 4.79 Å². The summed E-state index contributed by atoms with van der Waals surface area (Å²) in [6.45, 7) is 2.23. The van der Waals surface area contributed by atoms with Crippen molar-refractivity contribution in [2.75, 3.05) is 38.8 Å². The number of rotatable bonds is 8. The van der Waals surface area contributed by atoms with Gasteiger partial charge in [-0.05, 0) is 18.2 Å². The molecule has 0 atom stereocenters. The lowest BCUT2D eigenvalue weighted by molar-refractivity contribution is 0.0697. The fourth-order valence-electron chi connectivity index (χ4n) is 1.29. The van der Waals surface area contributed by atoms with Crippen LogP contribution in [0.1, 0.15) is 10.4 Å². The van der Waals surface area contributed by atoms with Crippen LogP contribution < -0.4 is 5.32 Å². The summed E-state index contributed by atoms with van der Waals surface area (Å²) in [4.78, 5) is 10.7. The maximum Gasteiger partial charge on any atom is 0.335 e. The molecule has 0 aliphatic rings. The molecule has 0 heterocycles. The number of carboxylic acids is 1. The minimum absolute atomic E-state index is 0.168. The summed E-state index contributed by atoms with van der Waals surface area (Å²) >= 11 is 5.95. The number of anilines is 1. The average Bonchev–Trinajstić information content (AvgIpc) is 2.35. The second kappa shape index (κ2) is 7.92. The largest absolute Gasteiger partial charge is 0.478 e. The smallest absolute Gasteiger partial charge is 0.335 e. The molecule has 0 bridgehead atoms. The molecule has 0 radical (unpaired) electrons. The van der Waals surface area contributed by atoms with Crippen LogP contribution in [0.25, 0.3) is 0 Å². The summed E-state index contributed by atoms with van der Waals surface area (Å²) in [7, 11) is 1.62. The van der Waals surface area contributed by atoms with E-state index >= 15 is 0 Å². The highest BCUT2D eigenvalue weighted by Crippen LogP contribution is 2.22. The monoisotopic (exact) mass is 273 g/mol. The molecule has 0 fully saturated rings. The van der Waals surface area contributed by atoms with Gasteiger partial charge >= 0.3 is 5.97 Å². The van der Waals surface area contributed by atoms with Gasteiger partial charge in [0.05, 0.1) is 36.1 Å². The Morgan fingerprint density at radius 2 is 2.17 bits per heavy atom. The van der Waals surface area contributed by atoms with Crippen LogP contribution in [0.3, 0.4) is 0 Å². The zero-order valence-corrected chi connectivity index (χ0v) is 10.9. The molecule has 6 heteroatoms. The first kappa shape index (κ1) is 14.8. The van der Waals surface area contributed by atoms with E-state index in [1.807, 2.05) is 0 Å². The summed E-state index contributed by atoms with van der Waals surface area (Å²) in [6, 6.07) is 4.56. The van der Waals surface area contributed by atoms with Gasteiger partial charge in [0.25, 0.3) is 0 Å². The van der Waals surface area contributed by atoms with Gasteiger partial charge in [-0.2, -0.15) is 0 Å². The minimum atomic E-state index is -0.994. The van der Waals surface area contributed by atoms with Gasteiger partial charge in [0.1, 0.15) is 0 Å². The average molecular weight is 274 g/mol. The third-order valence-corrected chi connectivity index (χ3v) is 2.52. The molecule has 0 amide bonds. The predicted octanol–water partition coefficient (Wildman–Crippen LogP) is 2.11. The van der Waals surface area contributed by atoms with Crippen molar-refractivity contribution in [1.82, 2.24) is 0 Å². The molecule has 1 aromatic rings. The highest BCUT2D eigenvalue weighted by molar-refractivity contribution is 6.33. The summed E-state index contributed by atoms with van der Waals surface area (Å²) < 4.78 is 10.1. The van der Waals surface area contributed by atoms with Gasteiger partial charge < -0.3 is 19.9 Å². The number of ether oxygens (including phenoxy) is 2. The number of hydrogen-bond donors (Lipinski definition) is 2. The first-order chi connectivity index (χ1) is 8.65. The third-order valence-electron chi connectivity index (χ3n) is 2.21. The highest BCUT2D eigenvalue weighted by atomic mass is 35.5. The van der Waals surface area contributed by atoms with E-state index in [4.69, 9.17) is 26.2 Å².